The van der Waals surface area contributed by atoms with Gasteiger partial charge in [0, 0.05) is 12.1 Å². The van der Waals surface area contributed by atoms with Crippen LogP contribution in [0.1, 0.15) is 34.7 Å². The van der Waals surface area contributed by atoms with Crippen molar-refractivity contribution < 1.29 is 22.3 Å². The van der Waals surface area contributed by atoms with Crippen LogP contribution >= 0.6 is 0 Å². The Balaban J connectivity index is 2.16. The molecule has 25 heavy (non-hydrogen) atoms. The molecule has 2 nitrogen and oxygen atoms in total. The SMILES string of the molecule is CCNCc1ccc(OCc2ccc(CF)cc2C(F)(F)F)c(C)c1. The number of aryl methyl sites for hydroxylation is 1. The number of alkyl halides is 4. The van der Waals surface area contributed by atoms with Crippen LogP contribution in [0.15, 0.2) is 36.4 Å². The summed E-state index contributed by atoms with van der Waals surface area (Å²) in [6.45, 7) is 4.27. The van der Waals surface area contributed by atoms with Crippen LogP contribution in [0.2, 0.25) is 0 Å². The predicted octanol–water partition coefficient (Wildman–Crippen LogP) is 5.17. The highest BCUT2D eigenvalue weighted by molar-refractivity contribution is 5.38. The number of benzene rings is 2. The van der Waals surface area contributed by atoms with E-state index in [-0.39, 0.29) is 17.7 Å². The van der Waals surface area contributed by atoms with Crippen LogP contribution in [-0.2, 0) is 26.0 Å². The second kappa shape index (κ2) is 8.34. The van der Waals surface area contributed by atoms with Gasteiger partial charge in [0.25, 0.3) is 0 Å². The van der Waals surface area contributed by atoms with E-state index in [1.807, 2.05) is 26.0 Å². The maximum absolute atomic E-state index is 13.2. The lowest BCUT2D eigenvalue weighted by Crippen LogP contribution is -2.12. The molecular weight excluding hydrogens is 334 g/mol. The number of ether oxygens (including phenoxy) is 1. The Hall–Kier alpha value is -2.08. The highest BCUT2D eigenvalue weighted by Gasteiger charge is 2.33. The molecule has 1 N–H and O–H groups in total. The number of nitrogens with one attached hydrogen (secondary N) is 1. The zero-order chi connectivity index (χ0) is 18.4. The highest BCUT2D eigenvalue weighted by atomic mass is 19.4. The highest BCUT2D eigenvalue weighted by Crippen LogP contribution is 2.33. The van der Waals surface area contributed by atoms with E-state index in [0.717, 1.165) is 30.3 Å². The van der Waals surface area contributed by atoms with Crippen LogP contribution in [-0.4, -0.2) is 6.54 Å². The largest absolute Gasteiger partial charge is 0.489 e. The molecule has 0 amide bonds. The molecule has 0 bridgehead atoms. The fourth-order valence-corrected chi connectivity index (χ4v) is 2.50. The zero-order valence-corrected chi connectivity index (χ0v) is 14.2. The third-order valence-electron chi connectivity index (χ3n) is 3.84. The first kappa shape index (κ1) is 19.2. The first-order valence-electron chi connectivity index (χ1n) is 8.03. The molecule has 0 aliphatic heterocycles. The molecule has 2 aromatic carbocycles. The van der Waals surface area contributed by atoms with Gasteiger partial charge in [-0.05, 0) is 42.3 Å². The Kier molecular flexibility index (Phi) is 6.42. The number of hydrogen-bond acceptors (Lipinski definition) is 2. The number of rotatable bonds is 7. The van der Waals surface area contributed by atoms with E-state index in [9.17, 15) is 17.6 Å². The fourth-order valence-electron chi connectivity index (χ4n) is 2.50. The summed E-state index contributed by atoms with van der Waals surface area (Å²) in [7, 11) is 0. The van der Waals surface area contributed by atoms with Gasteiger partial charge in [-0.1, -0.05) is 31.2 Å². The molecule has 0 atom stereocenters. The normalized spacial score (nSPS) is 11.6. The minimum Gasteiger partial charge on any atom is -0.489 e. The van der Waals surface area contributed by atoms with Crippen LogP contribution in [0.25, 0.3) is 0 Å². The molecule has 0 saturated heterocycles. The molecule has 0 radical (unpaired) electrons. The van der Waals surface area contributed by atoms with Gasteiger partial charge in [-0.25, -0.2) is 4.39 Å². The molecule has 0 fully saturated rings. The van der Waals surface area contributed by atoms with Crippen molar-refractivity contribution in [2.45, 2.75) is 39.9 Å². The zero-order valence-electron chi connectivity index (χ0n) is 14.2. The van der Waals surface area contributed by atoms with Gasteiger partial charge in [-0.3, -0.25) is 0 Å². The van der Waals surface area contributed by atoms with Gasteiger partial charge >= 0.3 is 6.18 Å². The van der Waals surface area contributed by atoms with Gasteiger partial charge in [-0.15, -0.1) is 0 Å². The first-order valence-corrected chi connectivity index (χ1v) is 8.03. The van der Waals surface area contributed by atoms with Gasteiger partial charge in [-0.2, -0.15) is 13.2 Å². The summed E-state index contributed by atoms with van der Waals surface area (Å²) in [6.07, 6.45) is -4.55. The van der Waals surface area contributed by atoms with E-state index in [1.165, 1.54) is 12.1 Å². The van der Waals surface area contributed by atoms with Gasteiger partial charge in [0.15, 0.2) is 0 Å². The average Bonchev–Trinajstić information content (AvgIpc) is 2.58. The Morgan fingerprint density at radius 3 is 2.36 bits per heavy atom. The van der Waals surface area contributed by atoms with E-state index >= 15 is 0 Å². The van der Waals surface area contributed by atoms with E-state index in [0.29, 0.717) is 5.75 Å². The fraction of sp³-hybridized carbons (Fsp3) is 0.368. The van der Waals surface area contributed by atoms with Crippen molar-refractivity contribution >= 4 is 0 Å². The van der Waals surface area contributed by atoms with Gasteiger partial charge < -0.3 is 10.1 Å². The van der Waals surface area contributed by atoms with E-state index in [2.05, 4.69) is 5.32 Å². The monoisotopic (exact) mass is 355 g/mol. The minimum atomic E-state index is -4.55. The van der Waals surface area contributed by atoms with Crippen molar-refractivity contribution in [3.63, 3.8) is 0 Å². The van der Waals surface area contributed by atoms with Crippen molar-refractivity contribution in [1.29, 1.82) is 0 Å². The number of halogens is 4. The van der Waals surface area contributed by atoms with Crippen LogP contribution < -0.4 is 10.1 Å². The summed E-state index contributed by atoms with van der Waals surface area (Å²) < 4.78 is 57.7. The molecule has 6 heteroatoms. The van der Waals surface area contributed by atoms with Crippen LogP contribution in [0.5, 0.6) is 5.75 Å². The summed E-state index contributed by atoms with van der Waals surface area (Å²) in [5, 5.41) is 3.21. The van der Waals surface area contributed by atoms with Gasteiger partial charge in [0.1, 0.15) is 19.0 Å². The summed E-state index contributed by atoms with van der Waals surface area (Å²) in [4.78, 5) is 0. The Morgan fingerprint density at radius 2 is 1.76 bits per heavy atom. The molecule has 136 valence electrons. The lowest BCUT2D eigenvalue weighted by Gasteiger charge is -2.16. The van der Waals surface area contributed by atoms with Crippen molar-refractivity contribution in [3.8, 4) is 5.75 Å². The van der Waals surface area contributed by atoms with Gasteiger partial charge in [0.2, 0.25) is 0 Å². The molecule has 0 aliphatic rings. The summed E-state index contributed by atoms with van der Waals surface area (Å²) in [5.41, 5.74) is 1.06. The van der Waals surface area contributed by atoms with E-state index < -0.39 is 18.4 Å². The van der Waals surface area contributed by atoms with Gasteiger partial charge in [0.05, 0.1) is 5.56 Å². The predicted molar refractivity (Wildman–Crippen MR) is 89.1 cm³/mol. The summed E-state index contributed by atoms with van der Waals surface area (Å²) in [6, 6.07) is 9.03. The third kappa shape index (κ3) is 5.19. The molecule has 0 aliphatic carbocycles. The molecular formula is C19H21F4NO. The molecule has 0 spiro atoms. The Bertz CT molecular complexity index is 713. The smallest absolute Gasteiger partial charge is 0.416 e. The quantitative estimate of drug-likeness (QED) is 0.692. The van der Waals surface area contributed by atoms with Crippen molar-refractivity contribution in [2.75, 3.05) is 6.54 Å². The molecule has 2 aromatic rings. The van der Waals surface area contributed by atoms with Crippen molar-refractivity contribution in [1.82, 2.24) is 5.32 Å². The van der Waals surface area contributed by atoms with Crippen LogP contribution in [0.4, 0.5) is 17.6 Å². The molecule has 0 unspecified atom stereocenters. The van der Waals surface area contributed by atoms with Crippen molar-refractivity contribution in [2.24, 2.45) is 0 Å². The lowest BCUT2D eigenvalue weighted by molar-refractivity contribution is -0.138. The molecule has 0 saturated carbocycles. The Labute approximate surface area is 144 Å². The van der Waals surface area contributed by atoms with E-state index in [1.54, 1.807) is 6.07 Å². The van der Waals surface area contributed by atoms with Crippen LogP contribution in [0.3, 0.4) is 0 Å². The van der Waals surface area contributed by atoms with Crippen molar-refractivity contribution in [3.05, 3.63) is 64.2 Å². The number of hydrogen-bond donors (Lipinski definition) is 1. The lowest BCUT2D eigenvalue weighted by atomic mass is 10.0. The molecule has 2 rings (SSSR count). The second-order valence-electron chi connectivity index (χ2n) is 5.79. The topological polar surface area (TPSA) is 21.3 Å². The Morgan fingerprint density at radius 1 is 1.04 bits per heavy atom. The molecule has 0 aromatic heterocycles. The maximum atomic E-state index is 13.2. The summed E-state index contributed by atoms with van der Waals surface area (Å²) >= 11 is 0. The summed E-state index contributed by atoms with van der Waals surface area (Å²) in [5.74, 6) is 0.531. The standard InChI is InChI=1S/C19H21F4NO/c1-3-24-11-15-5-7-18(13(2)8-15)25-12-16-6-4-14(10-20)9-17(16)19(21,22)23/h4-9,24H,3,10-12H2,1-2H3. The average molecular weight is 355 g/mol. The third-order valence-corrected chi connectivity index (χ3v) is 3.84. The van der Waals surface area contributed by atoms with E-state index in [4.69, 9.17) is 4.74 Å². The molecule has 0 heterocycles. The van der Waals surface area contributed by atoms with Crippen LogP contribution in [0, 0.1) is 6.92 Å². The maximum Gasteiger partial charge on any atom is 0.416 e. The first-order chi connectivity index (χ1) is 11.8. The minimum absolute atomic E-state index is 0.0000302. The second-order valence-corrected chi connectivity index (χ2v) is 5.79.